The molecule has 1 N–H and O–H groups in total. The van der Waals surface area contributed by atoms with Crippen molar-refractivity contribution < 1.29 is 26.3 Å². The molecule has 4 rings (SSSR count). The second-order valence-electron chi connectivity index (χ2n) is 6.56. The molecule has 0 saturated carbocycles. The fourth-order valence-electron chi connectivity index (χ4n) is 2.97. The van der Waals surface area contributed by atoms with E-state index in [4.69, 9.17) is 23.2 Å². The first-order chi connectivity index (χ1) is 14.4. The number of imidazole rings is 1. The summed E-state index contributed by atoms with van der Waals surface area (Å²) in [5, 5.41) is -0.0487. The molecule has 31 heavy (non-hydrogen) atoms. The lowest BCUT2D eigenvalue weighted by Gasteiger charge is -2.10. The minimum absolute atomic E-state index is 0.0996. The summed E-state index contributed by atoms with van der Waals surface area (Å²) in [7, 11) is 0. The Kier molecular flexibility index (Phi) is 5.13. The van der Waals surface area contributed by atoms with Crippen LogP contribution in [0.3, 0.4) is 0 Å². The van der Waals surface area contributed by atoms with Crippen LogP contribution in [-0.4, -0.2) is 15.0 Å². The van der Waals surface area contributed by atoms with E-state index in [1.165, 1.54) is 24.3 Å². The average molecular weight is 476 g/mol. The van der Waals surface area contributed by atoms with Gasteiger partial charge in [-0.25, -0.2) is 4.98 Å². The third kappa shape index (κ3) is 4.20. The Balaban J connectivity index is 1.71. The zero-order chi connectivity index (χ0) is 22.6. The summed E-state index contributed by atoms with van der Waals surface area (Å²) >= 11 is 12.3. The van der Waals surface area contributed by atoms with Crippen molar-refractivity contribution in [3.8, 4) is 22.6 Å². The number of aromatic nitrogens is 3. The van der Waals surface area contributed by atoms with Gasteiger partial charge in [0, 0.05) is 17.3 Å². The van der Waals surface area contributed by atoms with Crippen LogP contribution in [0.15, 0.2) is 48.7 Å². The number of hydrogen-bond acceptors (Lipinski definition) is 2. The van der Waals surface area contributed by atoms with Crippen molar-refractivity contribution in [1.82, 2.24) is 15.0 Å². The Morgan fingerprint density at radius 2 is 1.48 bits per heavy atom. The topological polar surface area (TPSA) is 41.6 Å². The largest absolute Gasteiger partial charge is 0.417 e. The van der Waals surface area contributed by atoms with Crippen LogP contribution in [0, 0.1) is 0 Å². The monoisotopic (exact) mass is 475 g/mol. The van der Waals surface area contributed by atoms with E-state index in [1.807, 2.05) is 0 Å². The lowest BCUT2D eigenvalue weighted by atomic mass is 10.1. The van der Waals surface area contributed by atoms with Crippen LogP contribution in [0.25, 0.3) is 33.7 Å². The Bertz CT molecular complexity index is 1290. The maximum absolute atomic E-state index is 12.9. The van der Waals surface area contributed by atoms with Gasteiger partial charge in [-0.15, -0.1) is 0 Å². The number of halogens is 8. The van der Waals surface area contributed by atoms with E-state index in [0.29, 0.717) is 22.8 Å². The molecule has 0 spiro atoms. The van der Waals surface area contributed by atoms with Crippen molar-refractivity contribution in [2.24, 2.45) is 0 Å². The number of nitrogens with zero attached hydrogens (tertiary/aromatic N) is 2. The van der Waals surface area contributed by atoms with Crippen molar-refractivity contribution in [1.29, 1.82) is 0 Å². The van der Waals surface area contributed by atoms with Crippen molar-refractivity contribution >= 4 is 34.2 Å². The molecule has 160 valence electrons. The lowest BCUT2D eigenvalue weighted by Crippen LogP contribution is -2.05. The molecule has 2 heterocycles. The van der Waals surface area contributed by atoms with Gasteiger partial charge in [0.05, 0.1) is 37.9 Å². The summed E-state index contributed by atoms with van der Waals surface area (Å²) in [6.45, 7) is 0. The number of hydrogen-bond donors (Lipinski definition) is 1. The maximum Gasteiger partial charge on any atom is 0.417 e. The first-order valence-electron chi connectivity index (χ1n) is 8.53. The van der Waals surface area contributed by atoms with Gasteiger partial charge in [0.15, 0.2) is 0 Å². The van der Waals surface area contributed by atoms with Gasteiger partial charge < -0.3 is 4.98 Å². The van der Waals surface area contributed by atoms with Crippen LogP contribution in [0.4, 0.5) is 26.3 Å². The Morgan fingerprint density at radius 3 is 2.10 bits per heavy atom. The van der Waals surface area contributed by atoms with Gasteiger partial charge in [0.2, 0.25) is 0 Å². The molecule has 0 radical (unpaired) electrons. The zero-order valence-corrected chi connectivity index (χ0v) is 16.5. The molecule has 2 aromatic carbocycles. The molecule has 3 nitrogen and oxygen atoms in total. The molecule has 11 heteroatoms. The van der Waals surface area contributed by atoms with E-state index in [-0.39, 0.29) is 27.1 Å². The summed E-state index contributed by atoms with van der Waals surface area (Å²) in [6.07, 6.45) is -8.41. The summed E-state index contributed by atoms with van der Waals surface area (Å²) in [5.41, 5.74) is -0.458. The Morgan fingerprint density at radius 1 is 0.774 bits per heavy atom. The lowest BCUT2D eigenvalue weighted by molar-refractivity contribution is -0.138. The van der Waals surface area contributed by atoms with E-state index in [9.17, 15) is 26.3 Å². The molecule has 0 unspecified atom stereocenters. The third-order valence-electron chi connectivity index (χ3n) is 4.48. The molecule has 2 aromatic heterocycles. The minimum atomic E-state index is -4.58. The van der Waals surface area contributed by atoms with E-state index in [0.717, 1.165) is 18.2 Å². The van der Waals surface area contributed by atoms with Crippen LogP contribution < -0.4 is 0 Å². The average Bonchev–Trinajstić information content (AvgIpc) is 3.09. The van der Waals surface area contributed by atoms with E-state index >= 15 is 0 Å². The molecule has 4 aromatic rings. The molecule has 0 aliphatic carbocycles. The van der Waals surface area contributed by atoms with Crippen molar-refractivity contribution in [2.75, 3.05) is 0 Å². The van der Waals surface area contributed by atoms with Crippen LogP contribution in [0.2, 0.25) is 10.0 Å². The molecule has 0 amide bonds. The first kappa shape index (κ1) is 21.5. The van der Waals surface area contributed by atoms with Gasteiger partial charge in [0.25, 0.3) is 0 Å². The standard InChI is InChI=1S/C20H9Cl2F6N3/c21-13-5-9(17-14(22)6-11(8-29-17)20(26,27)28)1-3-12(13)18-30-15-4-2-10(19(23,24)25)7-16(15)31-18/h1-8H,(H,30,31). The number of benzene rings is 2. The van der Waals surface area contributed by atoms with E-state index < -0.39 is 23.5 Å². The van der Waals surface area contributed by atoms with Gasteiger partial charge in [-0.1, -0.05) is 29.3 Å². The summed E-state index contributed by atoms with van der Waals surface area (Å²) in [6, 6.07) is 8.37. The zero-order valence-electron chi connectivity index (χ0n) is 15.0. The van der Waals surface area contributed by atoms with Gasteiger partial charge in [0.1, 0.15) is 5.82 Å². The fraction of sp³-hybridized carbons (Fsp3) is 0.100. The molecular weight excluding hydrogens is 467 g/mol. The van der Waals surface area contributed by atoms with Crippen LogP contribution in [-0.2, 0) is 12.4 Å². The number of nitrogens with one attached hydrogen (secondary N) is 1. The van der Waals surface area contributed by atoms with Gasteiger partial charge in [-0.3, -0.25) is 4.98 Å². The van der Waals surface area contributed by atoms with Gasteiger partial charge in [-0.05, 0) is 36.4 Å². The molecular formula is C20H9Cl2F6N3. The first-order valence-corrected chi connectivity index (χ1v) is 9.29. The van der Waals surface area contributed by atoms with Crippen molar-refractivity contribution in [2.45, 2.75) is 12.4 Å². The van der Waals surface area contributed by atoms with Gasteiger partial charge >= 0.3 is 12.4 Å². The van der Waals surface area contributed by atoms with Gasteiger partial charge in [-0.2, -0.15) is 26.3 Å². The molecule has 0 saturated heterocycles. The number of H-pyrrole nitrogens is 1. The number of rotatable bonds is 2. The summed E-state index contributed by atoms with van der Waals surface area (Å²) in [4.78, 5) is 10.8. The van der Waals surface area contributed by atoms with Crippen molar-refractivity contribution in [3.63, 3.8) is 0 Å². The number of pyridine rings is 1. The minimum Gasteiger partial charge on any atom is -0.338 e. The van der Waals surface area contributed by atoms with Crippen molar-refractivity contribution in [3.05, 3.63) is 69.8 Å². The normalized spacial score (nSPS) is 12.5. The number of aromatic amines is 1. The summed E-state index contributed by atoms with van der Waals surface area (Å²) < 4.78 is 77.1. The highest BCUT2D eigenvalue weighted by atomic mass is 35.5. The Hall–Kier alpha value is -2.78. The number of fused-ring (bicyclic) bond motifs is 1. The van der Waals surface area contributed by atoms with Crippen LogP contribution >= 0.6 is 23.2 Å². The molecule has 0 aliphatic rings. The third-order valence-corrected chi connectivity index (χ3v) is 5.08. The van der Waals surface area contributed by atoms with Crippen LogP contribution in [0.5, 0.6) is 0 Å². The SMILES string of the molecule is FC(F)(F)c1cnc(-c2ccc(-c3nc4ccc(C(F)(F)F)cc4[nH]3)c(Cl)c2)c(Cl)c1. The molecule has 0 fully saturated rings. The maximum atomic E-state index is 12.9. The summed E-state index contributed by atoms with van der Waals surface area (Å²) in [5.74, 6) is 0.234. The molecule has 0 atom stereocenters. The van der Waals surface area contributed by atoms with Crippen LogP contribution in [0.1, 0.15) is 11.1 Å². The quantitative estimate of drug-likeness (QED) is 0.302. The smallest absolute Gasteiger partial charge is 0.338 e. The highest BCUT2D eigenvalue weighted by Gasteiger charge is 2.32. The Labute approximate surface area is 180 Å². The highest BCUT2D eigenvalue weighted by molar-refractivity contribution is 6.34. The molecule has 0 bridgehead atoms. The number of alkyl halides is 6. The fourth-order valence-corrected chi connectivity index (χ4v) is 3.52. The second kappa shape index (κ2) is 7.42. The van der Waals surface area contributed by atoms with E-state index in [2.05, 4.69) is 15.0 Å². The predicted octanol–water partition coefficient (Wildman–Crippen LogP) is 7.64. The van der Waals surface area contributed by atoms with E-state index in [1.54, 1.807) is 0 Å². The predicted molar refractivity (Wildman–Crippen MR) is 105 cm³/mol. The second-order valence-corrected chi connectivity index (χ2v) is 7.38. The molecule has 0 aliphatic heterocycles. The highest BCUT2D eigenvalue weighted by Crippen LogP contribution is 2.37.